The molecule has 0 unspecified atom stereocenters. The zero-order chi connectivity index (χ0) is 21.7. The number of aromatic amines is 1. The predicted octanol–water partition coefficient (Wildman–Crippen LogP) is 3.27. The molecule has 0 aliphatic heterocycles. The van der Waals surface area contributed by atoms with Gasteiger partial charge in [-0.25, -0.2) is 4.79 Å². The quantitative estimate of drug-likeness (QED) is 0.335. The first-order chi connectivity index (χ1) is 14.5. The second kappa shape index (κ2) is 9.13. The summed E-state index contributed by atoms with van der Waals surface area (Å²) < 4.78 is 15.5. The monoisotopic (exact) mass is 410 g/mol. The summed E-state index contributed by atoms with van der Waals surface area (Å²) in [6, 6.07) is 10.2. The Balaban J connectivity index is 1.99. The highest BCUT2D eigenvalue weighted by atomic mass is 16.5. The van der Waals surface area contributed by atoms with Gasteiger partial charge in [0, 0.05) is 11.3 Å². The number of ketones is 1. The second-order valence-electron chi connectivity index (χ2n) is 6.42. The van der Waals surface area contributed by atoms with E-state index in [0.717, 1.165) is 0 Å². The van der Waals surface area contributed by atoms with Crippen molar-refractivity contribution in [3.05, 3.63) is 65.4 Å². The summed E-state index contributed by atoms with van der Waals surface area (Å²) >= 11 is 0. The molecule has 1 aromatic carbocycles. The van der Waals surface area contributed by atoms with Crippen molar-refractivity contribution in [2.75, 3.05) is 13.7 Å². The lowest BCUT2D eigenvalue weighted by atomic mass is 9.98. The van der Waals surface area contributed by atoms with Gasteiger partial charge in [-0.05, 0) is 43.7 Å². The van der Waals surface area contributed by atoms with Crippen molar-refractivity contribution in [1.29, 1.82) is 0 Å². The van der Waals surface area contributed by atoms with E-state index in [4.69, 9.17) is 13.9 Å². The van der Waals surface area contributed by atoms with Crippen LogP contribution in [0.25, 0.3) is 11.1 Å². The van der Waals surface area contributed by atoms with Crippen molar-refractivity contribution in [1.82, 2.24) is 10.3 Å². The molecular formula is C22H22N2O6. The van der Waals surface area contributed by atoms with Crippen molar-refractivity contribution in [2.45, 2.75) is 20.4 Å². The molecule has 0 bridgehead atoms. The Morgan fingerprint density at radius 2 is 1.87 bits per heavy atom. The lowest BCUT2D eigenvalue weighted by molar-refractivity contribution is -0.117. The van der Waals surface area contributed by atoms with E-state index in [2.05, 4.69) is 10.3 Å². The number of aryl methyl sites for hydroxylation is 1. The number of rotatable bonds is 8. The summed E-state index contributed by atoms with van der Waals surface area (Å²) in [5.74, 6) is -1.06. The van der Waals surface area contributed by atoms with Gasteiger partial charge in [0.2, 0.25) is 0 Å². The number of nitrogens with one attached hydrogen (secondary N) is 2. The van der Waals surface area contributed by atoms with Crippen LogP contribution in [0.2, 0.25) is 0 Å². The van der Waals surface area contributed by atoms with E-state index < -0.39 is 17.7 Å². The molecule has 156 valence electrons. The highest BCUT2D eigenvalue weighted by Crippen LogP contribution is 2.32. The van der Waals surface area contributed by atoms with Gasteiger partial charge in [0.15, 0.2) is 0 Å². The van der Waals surface area contributed by atoms with E-state index in [0.29, 0.717) is 28.3 Å². The molecule has 1 amide bonds. The number of hydrogen-bond acceptors (Lipinski definition) is 6. The van der Waals surface area contributed by atoms with E-state index in [1.165, 1.54) is 13.4 Å². The largest absolute Gasteiger partial charge is 0.497 e. The maximum absolute atomic E-state index is 12.9. The van der Waals surface area contributed by atoms with E-state index in [-0.39, 0.29) is 24.4 Å². The molecule has 0 radical (unpaired) electrons. The lowest BCUT2D eigenvalue weighted by Crippen LogP contribution is -2.31. The van der Waals surface area contributed by atoms with Crippen molar-refractivity contribution in [2.24, 2.45) is 0 Å². The Hall–Kier alpha value is -3.81. The van der Waals surface area contributed by atoms with E-state index in [1.54, 1.807) is 50.2 Å². The van der Waals surface area contributed by atoms with Gasteiger partial charge in [-0.15, -0.1) is 0 Å². The van der Waals surface area contributed by atoms with Crippen LogP contribution in [0.15, 0.2) is 47.1 Å². The molecule has 0 fully saturated rings. The molecule has 3 aromatic rings. The standard InChI is InChI=1S/C22H22N2O6/c1-4-29-22(27)17-13(2)24-19(18(17)14-7-9-15(28-3)10-8-14)20(25)21(26)23-12-16-6-5-11-30-16/h5-11,24H,4,12H2,1-3H3,(H,23,26). The Bertz CT molecular complexity index is 1050. The minimum atomic E-state index is -0.821. The molecule has 0 aliphatic carbocycles. The van der Waals surface area contributed by atoms with E-state index in [9.17, 15) is 14.4 Å². The maximum atomic E-state index is 12.9. The number of furan rings is 1. The Kier molecular flexibility index (Phi) is 6.36. The predicted molar refractivity (Wildman–Crippen MR) is 108 cm³/mol. The molecule has 30 heavy (non-hydrogen) atoms. The number of esters is 1. The van der Waals surface area contributed by atoms with Crippen LogP contribution in [0.1, 0.15) is 39.2 Å². The van der Waals surface area contributed by atoms with Gasteiger partial charge in [0.05, 0.1) is 32.1 Å². The van der Waals surface area contributed by atoms with Crippen LogP contribution in [0.4, 0.5) is 0 Å². The minimum Gasteiger partial charge on any atom is -0.497 e. The van der Waals surface area contributed by atoms with Crippen molar-refractivity contribution in [3.63, 3.8) is 0 Å². The number of carbonyl (C=O) groups is 3. The molecule has 0 atom stereocenters. The average molecular weight is 410 g/mol. The number of carbonyl (C=O) groups excluding carboxylic acids is 3. The van der Waals surface area contributed by atoms with Crippen LogP contribution >= 0.6 is 0 Å². The summed E-state index contributed by atoms with van der Waals surface area (Å²) in [6.45, 7) is 3.59. The highest BCUT2D eigenvalue weighted by molar-refractivity contribution is 6.43. The smallest absolute Gasteiger partial charge is 0.340 e. The number of hydrogen-bond donors (Lipinski definition) is 2. The first-order valence-corrected chi connectivity index (χ1v) is 9.35. The SMILES string of the molecule is CCOC(=O)c1c(C)[nH]c(C(=O)C(=O)NCc2ccco2)c1-c1ccc(OC)cc1. The van der Waals surface area contributed by atoms with Gasteiger partial charge in [-0.1, -0.05) is 12.1 Å². The zero-order valence-corrected chi connectivity index (χ0v) is 16.9. The summed E-state index contributed by atoms with van der Waals surface area (Å²) in [5, 5.41) is 2.52. The second-order valence-corrected chi connectivity index (χ2v) is 6.42. The van der Waals surface area contributed by atoms with Gasteiger partial charge < -0.3 is 24.2 Å². The molecule has 2 N–H and O–H groups in total. The molecule has 8 nitrogen and oxygen atoms in total. The Morgan fingerprint density at radius 3 is 2.47 bits per heavy atom. The van der Waals surface area contributed by atoms with Crippen molar-refractivity contribution >= 4 is 17.7 Å². The summed E-state index contributed by atoms with van der Waals surface area (Å²) in [6.07, 6.45) is 1.48. The van der Waals surface area contributed by atoms with E-state index in [1.807, 2.05) is 0 Å². The van der Waals surface area contributed by atoms with Gasteiger partial charge in [0.25, 0.3) is 11.7 Å². The molecule has 2 heterocycles. The van der Waals surface area contributed by atoms with Crippen LogP contribution in [-0.4, -0.2) is 36.4 Å². The molecule has 0 spiro atoms. The number of aromatic nitrogens is 1. The third-order valence-corrected chi connectivity index (χ3v) is 4.48. The highest BCUT2D eigenvalue weighted by Gasteiger charge is 2.29. The van der Waals surface area contributed by atoms with Crippen LogP contribution in [0, 0.1) is 6.92 Å². The fourth-order valence-electron chi connectivity index (χ4n) is 3.07. The molecule has 3 rings (SSSR count). The fraction of sp³-hybridized carbons (Fsp3) is 0.227. The van der Waals surface area contributed by atoms with Gasteiger partial charge in [-0.3, -0.25) is 9.59 Å². The van der Waals surface area contributed by atoms with Crippen molar-refractivity contribution < 1.29 is 28.3 Å². The van der Waals surface area contributed by atoms with Crippen LogP contribution in [0.5, 0.6) is 5.75 Å². The number of methoxy groups -OCH3 is 1. The third-order valence-electron chi connectivity index (χ3n) is 4.48. The molecule has 0 saturated carbocycles. The first kappa shape index (κ1) is 20.9. The topological polar surface area (TPSA) is 111 Å². The molecule has 0 saturated heterocycles. The fourth-order valence-corrected chi connectivity index (χ4v) is 3.07. The van der Waals surface area contributed by atoms with Crippen LogP contribution in [0.3, 0.4) is 0 Å². The first-order valence-electron chi connectivity index (χ1n) is 9.35. The summed E-state index contributed by atoms with van der Waals surface area (Å²) in [4.78, 5) is 40.9. The minimum absolute atomic E-state index is 0.0117. The summed E-state index contributed by atoms with van der Waals surface area (Å²) in [7, 11) is 1.54. The number of H-pyrrole nitrogens is 1. The zero-order valence-electron chi connectivity index (χ0n) is 16.9. The van der Waals surface area contributed by atoms with Crippen LogP contribution in [-0.2, 0) is 16.1 Å². The summed E-state index contributed by atoms with van der Waals surface area (Å²) in [5.41, 5.74) is 1.54. The van der Waals surface area contributed by atoms with Gasteiger partial charge >= 0.3 is 5.97 Å². The van der Waals surface area contributed by atoms with Crippen molar-refractivity contribution in [3.8, 4) is 16.9 Å². The van der Waals surface area contributed by atoms with Gasteiger partial charge in [-0.2, -0.15) is 0 Å². The average Bonchev–Trinajstić information content (AvgIpc) is 3.39. The van der Waals surface area contributed by atoms with Gasteiger partial charge in [0.1, 0.15) is 17.2 Å². The number of benzene rings is 1. The maximum Gasteiger partial charge on any atom is 0.340 e. The normalized spacial score (nSPS) is 10.5. The number of Topliss-reactive ketones (excluding diaryl/α,β-unsaturated/α-hetero) is 1. The Morgan fingerprint density at radius 1 is 1.13 bits per heavy atom. The Labute approximate surface area is 173 Å². The molecule has 8 heteroatoms. The van der Waals surface area contributed by atoms with Crippen LogP contribution < -0.4 is 10.1 Å². The number of ether oxygens (including phenoxy) is 2. The third kappa shape index (κ3) is 4.27. The molecular weight excluding hydrogens is 388 g/mol. The van der Waals surface area contributed by atoms with E-state index >= 15 is 0 Å². The molecule has 0 aliphatic rings. The number of amides is 1. The lowest BCUT2D eigenvalue weighted by Gasteiger charge is -2.09. The molecule has 2 aromatic heterocycles.